The molecule has 2 N–H and O–H groups in total. The van der Waals surface area contributed by atoms with E-state index < -0.39 is 0 Å². The minimum absolute atomic E-state index is 0.181. The predicted octanol–water partition coefficient (Wildman–Crippen LogP) is 5.78. The zero-order valence-electron chi connectivity index (χ0n) is 19.7. The van der Waals surface area contributed by atoms with Gasteiger partial charge in [0.05, 0.1) is 24.5 Å². The van der Waals surface area contributed by atoms with E-state index in [1.54, 1.807) is 13.3 Å². The molecule has 2 aromatic carbocycles. The van der Waals surface area contributed by atoms with Crippen LogP contribution in [0.1, 0.15) is 30.4 Å². The molecule has 36 heavy (non-hydrogen) atoms. The van der Waals surface area contributed by atoms with Gasteiger partial charge in [0.15, 0.2) is 5.11 Å². The van der Waals surface area contributed by atoms with Crippen LogP contribution in [-0.2, 0) is 4.79 Å². The van der Waals surface area contributed by atoms with Crippen LogP contribution in [0.3, 0.4) is 0 Å². The summed E-state index contributed by atoms with van der Waals surface area (Å²) in [5.74, 6) is 0.390. The van der Waals surface area contributed by atoms with Crippen molar-refractivity contribution in [3.63, 3.8) is 0 Å². The molecule has 0 radical (unpaired) electrons. The van der Waals surface area contributed by atoms with E-state index in [9.17, 15) is 4.79 Å². The molecule has 3 heterocycles. The fourth-order valence-electron chi connectivity index (χ4n) is 4.56. The van der Waals surface area contributed by atoms with Gasteiger partial charge in [-0.15, -0.1) is 0 Å². The van der Waals surface area contributed by atoms with Crippen molar-refractivity contribution in [2.24, 2.45) is 0 Å². The molecule has 2 aromatic heterocycles. The number of rotatable bonds is 6. The Morgan fingerprint density at radius 1 is 1.08 bits per heavy atom. The van der Waals surface area contributed by atoms with Crippen LogP contribution >= 0.6 is 28.1 Å². The zero-order valence-corrected chi connectivity index (χ0v) is 22.1. The number of halogens is 1. The summed E-state index contributed by atoms with van der Waals surface area (Å²) < 4.78 is 8.62. The number of hydrogen-bond donors (Lipinski definition) is 2. The van der Waals surface area contributed by atoms with Gasteiger partial charge in [-0.25, -0.2) is 0 Å². The number of thiocarbonyl (C=S) groups is 1. The molecule has 182 valence electrons. The van der Waals surface area contributed by atoms with Crippen molar-refractivity contribution in [1.29, 1.82) is 0 Å². The van der Waals surface area contributed by atoms with E-state index in [2.05, 4.69) is 59.2 Å². The Morgan fingerprint density at radius 3 is 2.67 bits per heavy atom. The molecule has 1 aliphatic heterocycles. The van der Waals surface area contributed by atoms with Gasteiger partial charge in [0.2, 0.25) is 5.91 Å². The number of benzene rings is 2. The van der Waals surface area contributed by atoms with Gasteiger partial charge in [0.25, 0.3) is 0 Å². The number of carbonyl (C=O) groups is 1. The largest absolute Gasteiger partial charge is 0.495 e. The number of methoxy groups -OCH3 is 1. The number of amides is 1. The number of ether oxygens (including phenoxy) is 1. The molecule has 1 aliphatic rings. The average Bonchev–Trinajstić information content (AvgIpc) is 3.48. The van der Waals surface area contributed by atoms with Crippen molar-refractivity contribution in [3.8, 4) is 11.4 Å². The van der Waals surface area contributed by atoms with Gasteiger partial charge in [0, 0.05) is 40.9 Å². The second-order valence-corrected chi connectivity index (χ2v) is 9.65. The van der Waals surface area contributed by atoms with Gasteiger partial charge in [-0.2, -0.15) is 0 Å². The monoisotopic (exact) mass is 561 g/mol. The van der Waals surface area contributed by atoms with E-state index in [4.69, 9.17) is 17.0 Å². The number of anilines is 2. The highest BCUT2D eigenvalue weighted by Crippen LogP contribution is 2.43. The minimum Gasteiger partial charge on any atom is -0.495 e. The number of hydrogen-bond acceptors (Lipinski definition) is 4. The first-order valence-corrected chi connectivity index (χ1v) is 12.6. The van der Waals surface area contributed by atoms with Crippen molar-refractivity contribution in [1.82, 2.24) is 14.9 Å². The number of aromatic nitrogens is 2. The molecule has 5 rings (SSSR count). The molecular weight excluding hydrogens is 538 g/mol. The molecule has 0 spiro atoms. The molecular formula is C27H24BrN5O2S. The van der Waals surface area contributed by atoms with Crippen LogP contribution in [0, 0.1) is 0 Å². The van der Waals surface area contributed by atoms with E-state index in [1.165, 1.54) is 6.92 Å². The molecule has 1 fully saturated rings. The third kappa shape index (κ3) is 4.59. The van der Waals surface area contributed by atoms with Crippen molar-refractivity contribution in [3.05, 3.63) is 101 Å². The van der Waals surface area contributed by atoms with Gasteiger partial charge < -0.3 is 24.8 Å². The Bertz CT molecular complexity index is 1420. The van der Waals surface area contributed by atoms with Gasteiger partial charge in [-0.1, -0.05) is 28.1 Å². The molecule has 4 aromatic rings. The summed E-state index contributed by atoms with van der Waals surface area (Å²) in [5, 5.41) is 6.92. The van der Waals surface area contributed by atoms with E-state index >= 15 is 0 Å². The minimum atomic E-state index is -0.222. The standard InChI is InChI=1S/C27H24BrN5O2S/c1-17(34)30-22-16-20(11-12-24(22)35-2)33-26(25(31-27(33)36)21-9-3-4-13-29-21)23-10-6-14-32(23)19-8-5-7-18(28)15-19/h3-16,25-26H,1-2H3,(H,30,34)(H,31,36). The Morgan fingerprint density at radius 2 is 1.94 bits per heavy atom. The van der Waals surface area contributed by atoms with Crippen LogP contribution in [0.4, 0.5) is 11.4 Å². The van der Waals surface area contributed by atoms with Crippen LogP contribution in [0.25, 0.3) is 5.69 Å². The lowest BCUT2D eigenvalue weighted by Crippen LogP contribution is -2.30. The maximum atomic E-state index is 11.9. The lowest BCUT2D eigenvalue weighted by molar-refractivity contribution is -0.114. The maximum Gasteiger partial charge on any atom is 0.221 e. The van der Waals surface area contributed by atoms with Crippen LogP contribution in [0.5, 0.6) is 5.75 Å². The Labute approximate surface area is 223 Å². The van der Waals surface area contributed by atoms with Crippen molar-refractivity contribution < 1.29 is 9.53 Å². The molecule has 0 bridgehead atoms. The fourth-order valence-corrected chi connectivity index (χ4v) is 5.30. The fraction of sp³-hybridized carbons (Fsp3) is 0.148. The highest BCUT2D eigenvalue weighted by atomic mass is 79.9. The first-order chi connectivity index (χ1) is 17.5. The highest BCUT2D eigenvalue weighted by Gasteiger charge is 2.42. The van der Waals surface area contributed by atoms with E-state index in [0.29, 0.717) is 16.5 Å². The summed E-state index contributed by atoms with van der Waals surface area (Å²) in [4.78, 5) is 18.6. The lowest BCUT2D eigenvalue weighted by Gasteiger charge is -2.29. The van der Waals surface area contributed by atoms with E-state index in [1.807, 2.05) is 60.8 Å². The zero-order chi connectivity index (χ0) is 25.2. The van der Waals surface area contributed by atoms with Gasteiger partial charge in [-0.05, 0) is 72.9 Å². The first kappa shape index (κ1) is 24.0. The van der Waals surface area contributed by atoms with Crippen LogP contribution in [-0.4, -0.2) is 27.7 Å². The summed E-state index contributed by atoms with van der Waals surface area (Å²) in [5.41, 5.74) is 4.34. The lowest BCUT2D eigenvalue weighted by atomic mass is 10.0. The van der Waals surface area contributed by atoms with Crippen LogP contribution in [0.2, 0.25) is 0 Å². The number of nitrogens with zero attached hydrogens (tertiary/aromatic N) is 3. The molecule has 1 amide bonds. The summed E-state index contributed by atoms with van der Waals surface area (Å²) in [6.07, 6.45) is 3.83. The normalized spacial score (nSPS) is 17.1. The Hall–Kier alpha value is -3.69. The maximum absolute atomic E-state index is 11.9. The van der Waals surface area contributed by atoms with Crippen molar-refractivity contribution >= 4 is 50.5 Å². The molecule has 1 saturated heterocycles. The van der Waals surface area contributed by atoms with Crippen molar-refractivity contribution in [2.75, 3.05) is 17.3 Å². The second kappa shape index (κ2) is 10.1. The molecule has 2 atom stereocenters. The predicted molar refractivity (Wildman–Crippen MR) is 149 cm³/mol. The smallest absolute Gasteiger partial charge is 0.221 e. The van der Waals surface area contributed by atoms with Crippen LogP contribution in [0.15, 0.2) is 89.7 Å². The molecule has 0 aliphatic carbocycles. The summed E-state index contributed by atoms with van der Waals surface area (Å²) >= 11 is 9.47. The van der Waals surface area contributed by atoms with Gasteiger partial charge >= 0.3 is 0 Å². The second-order valence-electron chi connectivity index (χ2n) is 8.35. The quantitative estimate of drug-likeness (QED) is 0.291. The number of carbonyl (C=O) groups excluding carboxylic acids is 1. The van der Waals surface area contributed by atoms with Crippen LogP contribution < -0.4 is 20.3 Å². The van der Waals surface area contributed by atoms with E-state index in [0.717, 1.165) is 27.2 Å². The summed E-state index contributed by atoms with van der Waals surface area (Å²) in [6, 6.07) is 23.4. The molecule has 2 unspecified atom stereocenters. The van der Waals surface area contributed by atoms with Gasteiger partial charge in [0.1, 0.15) is 11.8 Å². The Balaban J connectivity index is 1.66. The number of nitrogens with one attached hydrogen (secondary N) is 2. The first-order valence-electron chi connectivity index (χ1n) is 11.4. The van der Waals surface area contributed by atoms with E-state index in [-0.39, 0.29) is 18.0 Å². The highest BCUT2D eigenvalue weighted by molar-refractivity contribution is 9.10. The average molecular weight is 562 g/mol. The summed E-state index contributed by atoms with van der Waals surface area (Å²) in [7, 11) is 1.58. The van der Waals surface area contributed by atoms with Crippen molar-refractivity contribution in [2.45, 2.75) is 19.0 Å². The molecule has 9 heteroatoms. The molecule has 0 saturated carbocycles. The van der Waals surface area contributed by atoms with Gasteiger partial charge in [-0.3, -0.25) is 9.78 Å². The number of pyridine rings is 1. The third-order valence-electron chi connectivity index (χ3n) is 6.04. The topological polar surface area (TPSA) is 71.4 Å². The summed E-state index contributed by atoms with van der Waals surface area (Å²) in [6.45, 7) is 1.47. The molecule has 7 nitrogen and oxygen atoms in total. The Kier molecular flexibility index (Phi) is 6.75. The third-order valence-corrected chi connectivity index (χ3v) is 6.85. The SMILES string of the molecule is COc1ccc(N2C(=S)NC(c3ccccn3)C2c2cccn2-c2cccc(Br)c2)cc1NC(C)=O.